The van der Waals surface area contributed by atoms with E-state index in [1.54, 1.807) is 0 Å². The molecule has 0 radical (unpaired) electrons. The topological polar surface area (TPSA) is 41.6 Å². The van der Waals surface area contributed by atoms with Gasteiger partial charge in [-0.2, -0.15) is 0 Å². The van der Waals surface area contributed by atoms with Gasteiger partial charge in [0.15, 0.2) is 0 Å². The third-order valence-electron chi connectivity index (χ3n) is 4.62. The SMILES string of the molecule is CC(C)c1ccc(NC(=O)[C@@H](c2ccccc2)N2CCOCC2)cc1. The lowest BCUT2D eigenvalue weighted by Crippen LogP contribution is -2.43. The Morgan fingerprint density at radius 1 is 0.960 bits per heavy atom. The zero-order valence-corrected chi connectivity index (χ0v) is 14.9. The number of carbonyl (C=O) groups is 1. The molecule has 3 rings (SSSR count). The minimum Gasteiger partial charge on any atom is -0.379 e. The first-order chi connectivity index (χ1) is 12.1. The van der Waals surface area contributed by atoms with Crippen molar-refractivity contribution in [2.75, 3.05) is 31.6 Å². The number of hydrogen-bond acceptors (Lipinski definition) is 3. The van der Waals surface area contributed by atoms with Crippen LogP contribution in [0.25, 0.3) is 0 Å². The first-order valence-corrected chi connectivity index (χ1v) is 8.92. The van der Waals surface area contributed by atoms with Gasteiger partial charge >= 0.3 is 0 Å². The smallest absolute Gasteiger partial charge is 0.246 e. The maximum Gasteiger partial charge on any atom is 0.246 e. The molecule has 0 aliphatic carbocycles. The summed E-state index contributed by atoms with van der Waals surface area (Å²) in [6.07, 6.45) is 0. The van der Waals surface area contributed by atoms with E-state index in [1.807, 2.05) is 42.5 Å². The van der Waals surface area contributed by atoms with Gasteiger partial charge in [-0.3, -0.25) is 9.69 Å². The molecule has 1 aliphatic heterocycles. The summed E-state index contributed by atoms with van der Waals surface area (Å²) in [7, 11) is 0. The molecule has 132 valence electrons. The fraction of sp³-hybridized carbons (Fsp3) is 0.381. The third-order valence-corrected chi connectivity index (χ3v) is 4.62. The molecular formula is C21H26N2O2. The molecule has 4 nitrogen and oxygen atoms in total. The number of nitrogens with one attached hydrogen (secondary N) is 1. The molecular weight excluding hydrogens is 312 g/mol. The number of amides is 1. The van der Waals surface area contributed by atoms with Crippen LogP contribution in [0.3, 0.4) is 0 Å². The number of hydrogen-bond donors (Lipinski definition) is 1. The van der Waals surface area contributed by atoms with Crippen LogP contribution in [-0.4, -0.2) is 37.1 Å². The molecule has 1 N–H and O–H groups in total. The van der Waals surface area contributed by atoms with Crippen LogP contribution in [0.1, 0.15) is 36.9 Å². The maximum absolute atomic E-state index is 13.0. The Morgan fingerprint density at radius 3 is 2.20 bits per heavy atom. The van der Waals surface area contributed by atoms with Crippen molar-refractivity contribution in [2.24, 2.45) is 0 Å². The van der Waals surface area contributed by atoms with E-state index in [0.717, 1.165) is 24.3 Å². The summed E-state index contributed by atoms with van der Waals surface area (Å²) in [5.41, 5.74) is 3.12. The normalized spacial score (nSPS) is 16.6. The number of nitrogens with zero attached hydrogens (tertiary/aromatic N) is 1. The van der Waals surface area contributed by atoms with Gasteiger partial charge < -0.3 is 10.1 Å². The van der Waals surface area contributed by atoms with E-state index in [-0.39, 0.29) is 11.9 Å². The van der Waals surface area contributed by atoms with Crippen molar-refractivity contribution in [3.8, 4) is 0 Å². The zero-order chi connectivity index (χ0) is 17.6. The molecule has 1 amide bonds. The highest BCUT2D eigenvalue weighted by Gasteiger charge is 2.29. The third kappa shape index (κ3) is 4.47. The molecule has 1 fully saturated rings. The minimum absolute atomic E-state index is 0.00500. The van der Waals surface area contributed by atoms with E-state index in [1.165, 1.54) is 5.56 Å². The van der Waals surface area contributed by atoms with Crippen molar-refractivity contribution in [1.82, 2.24) is 4.90 Å². The highest BCUT2D eigenvalue weighted by Crippen LogP contribution is 2.24. The van der Waals surface area contributed by atoms with Crippen LogP contribution in [0.4, 0.5) is 5.69 Å². The lowest BCUT2D eigenvalue weighted by atomic mass is 10.0. The van der Waals surface area contributed by atoms with Crippen LogP contribution in [0, 0.1) is 0 Å². The Labute approximate surface area is 149 Å². The van der Waals surface area contributed by atoms with Gasteiger partial charge in [0.1, 0.15) is 6.04 Å². The number of carbonyl (C=O) groups excluding carboxylic acids is 1. The Hall–Kier alpha value is -2.17. The molecule has 2 aromatic carbocycles. The quantitative estimate of drug-likeness (QED) is 0.901. The van der Waals surface area contributed by atoms with Gasteiger partial charge in [-0.15, -0.1) is 0 Å². The Bertz CT molecular complexity index is 677. The molecule has 0 bridgehead atoms. The van der Waals surface area contributed by atoms with Crippen molar-refractivity contribution in [1.29, 1.82) is 0 Å². The highest BCUT2D eigenvalue weighted by atomic mass is 16.5. The van der Waals surface area contributed by atoms with Gasteiger partial charge in [0.25, 0.3) is 0 Å². The molecule has 0 aromatic heterocycles. The summed E-state index contributed by atoms with van der Waals surface area (Å²) in [4.78, 5) is 15.2. The van der Waals surface area contributed by atoms with E-state index in [2.05, 4.69) is 36.2 Å². The van der Waals surface area contributed by atoms with Crippen LogP contribution in [0.2, 0.25) is 0 Å². The standard InChI is InChI=1S/C21H26N2O2/c1-16(2)17-8-10-19(11-9-17)22-21(24)20(18-6-4-3-5-7-18)23-12-14-25-15-13-23/h3-11,16,20H,12-15H2,1-2H3,(H,22,24)/t20-/m1/s1. The summed E-state index contributed by atoms with van der Waals surface area (Å²) >= 11 is 0. The van der Waals surface area contributed by atoms with Crippen LogP contribution in [-0.2, 0) is 9.53 Å². The average molecular weight is 338 g/mol. The minimum atomic E-state index is -0.296. The van der Waals surface area contributed by atoms with E-state index >= 15 is 0 Å². The second kappa shape index (κ2) is 8.28. The Balaban J connectivity index is 1.79. The van der Waals surface area contributed by atoms with E-state index in [0.29, 0.717) is 19.1 Å². The number of rotatable bonds is 5. The van der Waals surface area contributed by atoms with Crippen LogP contribution < -0.4 is 5.32 Å². The lowest BCUT2D eigenvalue weighted by molar-refractivity contribution is -0.123. The van der Waals surface area contributed by atoms with Crippen LogP contribution >= 0.6 is 0 Å². The molecule has 1 saturated heterocycles. The molecule has 1 atom stereocenters. The summed E-state index contributed by atoms with van der Waals surface area (Å²) in [6.45, 7) is 7.19. The number of ether oxygens (including phenoxy) is 1. The van der Waals surface area contributed by atoms with Crippen molar-refractivity contribution < 1.29 is 9.53 Å². The van der Waals surface area contributed by atoms with E-state index in [9.17, 15) is 4.79 Å². The summed E-state index contributed by atoms with van der Waals surface area (Å²) in [6, 6.07) is 17.8. The average Bonchev–Trinajstić information content (AvgIpc) is 2.64. The van der Waals surface area contributed by atoms with Gasteiger partial charge in [0.2, 0.25) is 5.91 Å². The van der Waals surface area contributed by atoms with Crippen LogP contribution in [0.15, 0.2) is 54.6 Å². The van der Waals surface area contributed by atoms with Crippen molar-refractivity contribution in [3.05, 3.63) is 65.7 Å². The van der Waals surface area contributed by atoms with Crippen LogP contribution in [0.5, 0.6) is 0 Å². The van der Waals surface area contributed by atoms with E-state index < -0.39 is 0 Å². The molecule has 0 saturated carbocycles. The lowest BCUT2D eigenvalue weighted by Gasteiger charge is -2.33. The fourth-order valence-corrected chi connectivity index (χ4v) is 3.16. The second-order valence-corrected chi connectivity index (χ2v) is 6.73. The van der Waals surface area contributed by atoms with Gasteiger partial charge in [-0.05, 0) is 29.2 Å². The van der Waals surface area contributed by atoms with Crippen molar-refractivity contribution >= 4 is 11.6 Å². The highest BCUT2D eigenvalue weighted by molar-refractivity contribution is 5.95. The summed E-state index contributed by atoms with van der Waals surface area (Å²) in [5, 5.41) is 3.08. The Morgan fingerprint density at radius 2 is 1.60 bits per heavy atom. The first kappa shape index (κ1) is 17.6. The Kier molecular flexibility index (Phi) is 5.84. The van der Waals surface area contributed by atoms with E-state index in [4.69, 9.17) is 4.74 Å². The molecule has 1 aliphatic rings. The monoisotopic (exact) mass is 338 g/mol. The second-order valence-electron chi connectivity index (χ2n) is 6.73. The number of morpholine rings is 1. The predicted molar refractivity (Wildman–Crippen MR) is 101 cm³/mol. The van der Waals surface area contributed by atoms with Gasteiger partial charge in [-0.1, -0.05) is 56.3 Å². The van der Waals surface area contributed by atoms with Crippen molar-refractivity contribution in [3.63, 3.8) is 0 Å². The molecule has 4 heteroatoms. The number of anilines is 1. The maximum atomic E-state index is 13.0. The molecule has 0 spiro atoms. The van der Waals surface area contributed by atoms with Crippen molar-refractivity contribution in [2.45, 2.75) is 25.8 Å². The molecule has 25 heavy (non-hydrogen) atoms. The zero-order valence-electron chi connectivity index (χ0n) is 14.9. The molecule has 0 unspecified atom stereocenters. The largest absolute Gasteiger partial charge is 0.379 e. The number of benzene rings is 2. The molecule has 1 heterocycles. The first-order valence-electron chi connectivity index (χ1n) is 8.92. The summed E-state index contributed by atoms with van der Waals surface area (Å²) in [5.74, 6) is 0.487. The van der Waals surface area contributed by atoms with Gasteiger partial charge in [0.05, 0.1) is 13.2 Å². The van der Waals surface area contributed by atoms with Gasteiger partial charge in [-0.25, -0.2) is 0 Å². The molecule has 2 aromatic rings. The fourth-order valence-electron chi connectivity index (χ4n) is 3.16. The summed E-state index contributed by atoms with van der Waals surface area (Å²) < 4.78 is 5.45. The predicted octanol–water partition coefficient (Wildman–Crippen LogP) is 3.82. The van der Waals surface area contributed by atoms with Gasteiger partial charge in [0, 0.05) is 18.8 Å².